The van der Waals surface area contributed by atoms with Gasteiger partial charge in [-0.15, -0.1) is 0 Å². The lowest BCUT2D eigenvalue weighted by molar-refractivity contribution is 0.0886. The molecule has 2 rings (SSSR count). The zero-order valence-corrected chi connectivity index (χ0v) is 12.9. The van der Waals surface area contributed by atoms with Gasteiger partial charge in [0.15, 0.2) is 0 Å². The monoisotopic (exact) mass is 302 g/mol. The number of nitrogen functional groups attached to an aromatic ring is 2. The van der Waals surface area contributed by atoms with Crippen LogP contribution in [-0.2, 0) is 0 Å². The quantitative estimate of drug-likeness (QED) is 0.622. The summed E-state index contributed by atoms with van der Waals surface area (Å²) in [4.78, 5) is 8.67. The molecule has 0 amide bonds. The second-order valence-electron chi connectivity index (χ2n) is 5.84. The van der Waals surface area contributed by atoms with Gasteiger partial charge >= 0.3 is 0 Å². The van der Waals surface area contributed by atoms with Gasteiger partial charge in [0.2, 0.25) is 0 Å². The van der Waals surface area contributed by atoms with Crippen molar-refractivity contribution in [3.63, 3.8) is 0 Å². The van der Waals surface area contributed by atoms with Gasteiger partial charge in [-0.05, 0) is 19.9 Å². The highest BCUT2D eigenvalue weighted by Gasteiger charge is 2.22. The normalized spacial score (nSPS) is 12.8. The minimum absolute atomic E-state index is 0.0756. The lowest BCUT2D eigenvalue weighted by Gasteiger charge is -2.21. The molecule has 6 nitrogen and oxygen atoms in total. The van der Waals surface area contributed by atoms with Gasteiger partial charge in [0.1, 0.15) is 5.82 Å². The number of aliphatic hydroxyl groups excluding tert-OH is 1. The van der Waals surface area contributed by atoms with Crippen LogP contribution in [0.25, 0.3) is 10.9 Å². The number of aliphatic imine (C=N–C) groups is 1. The van der Waals surface area contributed by atoms with Crippen molar-refractivity contribution in [2.75, 3.05) is 24.6 Å². The summed E-state index contributed by atoms with van der Waals surface area (Å²) in [6.07, 6.45) is 0.296. The molecule has 0 fully saturated rings. The fraction of sp³-hybridized carbons (Fsp3) is 0.375. The number of fused-ring (bicyclic) bond motifs is 1. The van der Waals surface area contributed by atoms with Crippen molar-refractivity contribution in [3.8, 4) is 0 Å². The van der Waals surface area contributed by atoms with Gasteiger partial charge in [0, 0.05) is 23.1 Å². The summed E-state index contributed by atoms with van der Waals surface area (Å²) in [7, 11) is 0. The highest BCUT2D eigenvalue weighted by Crippen LogP contribution is 2.30. The largest absolute Gasteiger partial charge is 0.395 e. The Balaban J connectivity index is 2.69. The molecule has 2 aromatic rings. The first-order valence-corrected chi connectivity index (χ1v) is 7.14. The number of pyridine rings is 1. The highest BCUT2D eigenvalue weighted by atomic mass is 16.3. The Bertz CT molecular complexity index is 705. The van der Waals surface area contributed by atoms with E-state index in [9.17, 15) is 5.11 Å². The fourth-order valence-corrected chi connectivity index (χ4v) is 2.37. The molecule has 0 atom stereocenters. The van der Waals surface area contributed by atoms with Gasteiger partial charge in [-0.25, -0.2) is 4.98 Å². The first-order valence-electron chi connectivity index (χ1n) is 7.14. The van der Waals surface area contributed by atoms with Crippen LogP contribution in [0.4, 0.5) is 11.5 Å². The summed E-state index contributed by atoms with van der Waals surface area (Å²) in [6.45, 7) is 3.56. The average molecular weight is 302 g/mol. The van der Waals surface area contributed by atoms with Gasteiger partial charge in [-0.3, -0.25) is 4.99 Å². The van der Waals surface area contributed by atoms with Crippen LogP contribution in [0.15, 0.2) is 29.3 Å². The molecule has 118 valence electrons. The number of rotatable bonds is 5. The first kappa shape index (κ1) is 16.2. The van der Waals surface area contributed by atoms with Crippen molar-refractivity contribution in [1.29, 1.82) is 0 Å². The SMILES string of the molecule is CC(C)(O)CC(=NCCO)c1c(N)c(N)nc2ccccc12. The van der Waals surface area contributed by atoms with Crippen molar-refractivity contribution in [2.24, 2.45) is 4.99 Å². The van der Waals surface area contributed by atoms with Crippen molar-refractivity contribution in [3.05, 3.63) is 29.8 Å². The van der Waals surface area contributed by atoms with Gasteiger partial charge in [-0.1, -0.05) is 18.2 Å². The van der Waals surface area contributed by atoms with Crippen molar-refractivity contribution < 1.29 is 10.2 Å². The summed E-state index contributed by atoms with van der Waals surface area (Å²) in [6, 6.07) is 7.50. The maximum absolute atomic E-state index is 10.1. The molecular formula is C16H22N4O2. The summed E-state index contributed by atoms with van der Waals surface area (Å²) >= 11 is 0. The van der Waals surface area contributed by atoms with Crippen LogP contribution < -0.4 is 11.5 Å². The molecule has 1 heterocycles. The Kier molecular flexibility index (Phi) is 4.63. The van der Waals surface area contributed by atoms with Crippen molar-refractivity contribution in [2.45, 2.75) is 25.9 Å². The van der Waals surface area contributed by atoms with E-state index in [0.29, 0.717) is 23.4 Å². The lowest BCUT2D eigenvalue weighted by atomic mass is 9.93. The molecule has 0 spiro atoms. The number of hydrogen-bond donors (Lipinski definition) is 4. The van der Waals surface area contributed by atoms with Crippen LogP contribution in [-0.4, -0.2) is 39.7 Å². The summed E-state index contributed by atoms with van der Waals surface area (Å²) < 4.78 is 0. The van der Waals surface area contributed by atoms with E-state index in [4.69, 9.17) is 16.6 Å². The number of benzene rings is 1. The van der Waals surface area contributed by atoms with E-state index in [2.05, 4.69) is 9.98 Å². The maximum Gasteiger partial charge on any atom is 0.148 e. The number of aliphatic hydroxyl groups is 2. The van der Waals surface area contributed by atoms with Gasteiger partial charge in [0.05, 0.1) is 30.0 Å². The van der Waals surface area contributed by atoms with Crippen molar-refractivity contribution in [1.82, 2.24) is 4.98 Å². The van der Waals surface area contributed by atoms with Crippen LogP contribution in [0.2, 0.25) is 0 Å². The number of para-hydroxylation sites is 1. The topological polar surface area (TPSA) is 118 Å². The zero-order chi connectivity index (χ0) is 16.3. The number of nitrogens with zero attached hydrogens (tertiary/aromatic N) is 2. The second kappa shape index (κ2) is 6.29. The number of nitrogens with two attached hydrogens (primary N) is 2. The molecule has 0 saturated heterocycles. The number of anilines is 2. The van der Waals surface area contributed by atoms with Crippen LogP contribution >= 0.6 is 0 Å². The van der Waals surface area contributed by atoms with Gasteiger partial charge < -0.3 is 21.7 Å². The third kappa shape index (κ3) is 3.52. The second-order valence-corrected chi connectivity index (χ2v) is 5.84. The summed E-state index contributed by atoms with van der Waals surface area (Å²) in [5, 5.41) is 20.0. The van der Waals surface area contributed by atoms with E-state index >= 15 is 0 Å². The van der Waals surface area contributed by atoms with Crippen LogP contribution in [0.1, 0.15) is 25.8 Å². The van der Waals surface area contributed by atoms with Gasteiger partial charge in [0.25, 0.3) is 0 Å². The van der Waals surface area contributed by atoms with Crippen LogP contribution in [0.3, 0.4) is 0 Å². The Morgan fingerprint density at radius 1 is 1.27 bits per heavy atom. The third-order valence-electron chi connectivity index (χ3n) is 3.25. The number of aromatic nitrogens is 1. The molecule has 0 unspecified atom stereocenters. The molecule has 1 aromatic carbocycles. The summed E-state index contributed by atoms with van der Waals surface area (Å²) in [5.41, 5.74) is 13.4. The molecule has 0 aliphatic rings. The van der Waals surface area contributed by atoms with E-state index in [1.54, 1.807) is 13.8 Å². The van der Waals surface area contributed by atoms with Crippen molar-refractivity contribution >= 4 is 28.1 Å². The standard InChI is InChI=1S/C16H22N4O2/c1-16(2,22)9-12(19-7-8-21)13-10-5-3-4-6-11(10)20-15(18)14(13)17/h3-6,21-22H,7-9,17H2,1-2H3,(H2,18,20). The molecule has 1 aromatic heterocycles. The van der Waals surface area contributed by atoms with E-state index in [1.807, 2.05) is 24.3 Å². The molecule has 0 bridgehead atoms. The number of hydrogen-bond acceptors (Lipinski definition) is 6. The van der Waals surface area contributed by atoms with Crippen LogP contribution in [0, 0.1) is 0 Å². The Hall–Kier alpha value is -2.18. The van der Waals surface area contributed by atoms with E-state index in [0.717, 1.165) is 10.9 Å². The van der Waals surface area contributed by atoms with E-state index in [1.165, 1.54) is 0 Å². The predicted molar refractivity (Wildman–Crippen MR) is 90.0 cm³/mol. The Morgan fingerprint density at radius 2 is 1.95 bits per heavy atom. The molecule has 0 aliphatic heterocycles. The zero-order valence-electron chi connectivity index (χ0n) is 12.9. The lowest BCUT2D eigenvalue weighted by Crippen LogP contribution is -2.25. The maximum atomic E-state index is 10.1. The average Bonchev–Trinajstić information content (AvgIpc) is 2.44. The first-order chi connectivity index (χ1) is 10.3. The molecule has 0 saturated carbocycles. The van der Waals surface area contributed by atoms with Gasteiger partial charge in [-0.2, -0.15) is 0 Å². The Morgan fingerprint density at radius 3 is 2.59 bits per heavy atom. The fourth-order valence-electron chi connectivity index (χ4n) is 2.37. The smallest absolute Gasteiger partial charge is 0.148 e. The van der Waals surface area contributed by atoms with E-state index < -0.39 is 5.60 Å². The highest BCUT2D eigenvalue weighted by molar-refractivity contribution is 6.15. The molecule has 0 aliphatic carbocycles. The molecule has 6 heteroatoms. The minimum Gasteiger partial charge on any atom is -0.395 e. The van der Waals surface area contributed by atoms with Crippen LogP contribution in [0.5, 0.6) is 0 Å². The van der Waals surface area contributed by atoms with E-state index in [-0.39, 0.29) is 19.0 Å². The Labute approximate surface area is 129 Å². The third-order valence-corrected chi connectivity index (χ3v) is 3.25. The predicted octanol–water partition coefficient (Wildman–Crippen LogP) is 1.34. The molecule has 0 radical (unpaired) electrons. The molecular weight excluding hydrogens is 280 g/mol. The molecule has 6 N–H and O–H groups in total. The summed E-state index contributed by atoms with van der Waals surface area (Å²) in [5.74, 6) is 0.237. The molecule has 22 heavy (non-hydrogen) atoms. The minimum atomic E-state index is -0.958.